The maximum atomic E-state index is 12.4. The Kier molecular flexibility index (Phi) is 6.08. The van der Waals surface area contributed by atoms with Crippen molar-refractivity contribution in [3.05, 3.63) is 29.7 Å². The summed E-state index contributed by atoms with van der Waals surface area (Å²) in [7, 11) is -4.12. The van der Waals surface area contributed by atoms with Crippen molar-refractivity contribution in [3.8, 4) is 0 Å². The lowest BCUT2D eigenvalue weighted by Crippen LogP contribution is -2.35. The van der Waals surface area contributed by atoms with Crippen molar-refractivity contribution < 1.29 is 13.2 Å². The molecular weight excluding hydrogens is 392 g/mol. The third-order valence-corrected chi connectivity index (χ3v) is 5.33. The van der Waals surface area contributed by atoms with Gasteiger partial charge in [0.15, 0.2) is 5.03 Å². The Bertz CT molecular complexity index is 965. The molecule has 0 atom stereocenters. The van der Waals surface area contributed by atoms with Crippen LogP contribution in [-0.2, 0) is 20.9 Å². The van der Waals surface area contributed by atoms with Crippen molar-refractivity contribution in [1.29, 1.82) is 0 Å². The SMILES string of the molecule is CC(C)n1ccc(S(=O)(=O)NC(=O)Nc2nc(C(C)(C)C)cc(C(C)(C)C)n2)n1. The maximum Gasteiger partial charge on any atom is 0.335 e. The molecule has 0 radical (unpaired) electrons. The molecule has 0 saturated heterocycles. The normalized spacial score (nSPS) is 12.9. The van der Waals surface area contributed by atoms with E-state index in [4.69, 9.17) is 0 Å². The third kappa shape index (κ3) is 5.75. The number of aromatic nitrogens is 4. The standard InChI is InChI=1S/C19H30N6O3S/c1-12(2)25-10-9-15(23-25)29(27,28)24-17(26)22-16-20-13(18(3,4)5)11-14(21-16)19(6,7)8/h9-12H,1-8H3,(H2,20,21,22,24,26). The molecular formula is C19H30N6O3S. The van der Waals surface area contributed by atoms with Crippen LogP contribution < -0.4 is 10.0 Å². The summed E-state index contributed by atoms with van der Waals surface area (Å²) >= 11 is 0. The highest BCUT2D eigenvalue weighted by Gasteiger charge is 2.25. The van der Waals surface area contributed by atoms with Gasteiger partial charge in [0.05, 0.1) is 11.4 Å². The topological polar surface area (TPSA) is 119 Å². The van der Waals surface area contributed by atoms with Gasteiger partial charge in [-0.15, -0.1) is 0 Å². The molecule has 0 unspecified atom stereocenters. The molecule has 9 nitrogen and oxygen atoms in total. The van der Waals surface area contributed by atoms with Crippen LogP contribution >= 0.6 is 0 Å². The molecule has 0 saturated carbocycles. The summed E-state index contributed by atoms with van der Waals surface area (Å²) in [4.78, 5) is 21.1. The first-order valence-electron chi connectivity index (χ1n) is 9.38. The first kappa shape index (κ1) is 22.8. The smallest absolute Gasteiger partial charge is 0.275 e. The van der Waals surface area contributed by atoms with Crippen molar-refractivity contribution >= 4 is 22.0 Å². The highest BCUT2D eigenvalue weighted by Crippen LogP contribution is 2.27. The fourth-order valence-electron chi connectivity index (χ4n) is 2.32. The molecule has 2 aromatic rings. The third-order valence-electron chi connectivity index (χ3n) is 4.10. The number of hydrogen-bond donors (Lipinski definition) is 2. The van der Waals surface area contributed by atoms with Crippen LogP contribution in [0.3, 0.4) is 0 Å². The van der Waals surface area contributed by atoms with E-state index < -0.39 is 16.1 Å². The number of nitrogens with zero attached hydrogens (tertiary/aromatic N) is 4. The van der Waals surface area contributed by atoms with E-state index in [1.54, 1.807) is 6.20 Å². The van der Waals surface area contributed by atoms with Gasteiger partial charge in [-0.2, -0.15) is 13.5 Å². The van der Waals surface area contributed by atoms with Gasteiger partial charge >= 0.3 is 6.03 Å². The lowest BCUT2D eigenvalue weighted by molar-refractivity contribution is 0.256. The molecule has 0 aromatic carbocycles. The van der Waals surface area contributed by atoms with Crippen molar-refractivity contribution in [3.63, 3.8) is 0 Å². The van der Waals surface area contributed by atoms with Crippen LogP contribution in [0.15, 0.2) is 23.4 Å². The van der Waals surface area contributed by atoms with Gasteiger partial charge in [0.2, 0.25) is 5.95 Å². The summed E-state index contributed by atoms with van der Waals surface area (Å²) < 4.78 is 28.3. The van der Waals surface area contributed by atoms with Crippen molar-refractivity contribution in [2.24, 2.45) is 0 Å². The Morgan fingerprint density at radius 1 is 1.03 bits per heavy atom. The average molecular weight is 423 g/mol. The molecule has 0 spiro atoms. The predicted octanol–water partition coefficient (Wildman–Crippen LogP) is 3.36. The van der Waals surface area contributed by atoms with E-state index >= 15 is 0 Å². The Morgan fingerprint density at radius 2 is 1.55 bits per heavy atom. The minimum Gasteiger partial charge on any atom is -0.275 e. The number of urea groups is 1. The van der Waals surface area contributed by atoms with Gasteiger partial charge in [0.1, 0.15) is 0 Å². The first-order valence-corrected chi connectivity index (χ1v) is 10.9. The zero-order chi connectivity index (χ0) is 22.2. The molecule has 2 heterocycles. The zero-order valence-corrected chi connectivity index (χ0v) is 19.0. The molecule has 0 aliphatic rings. The van der Waals surface area contributed by atoms with Crippen molar-refractivity contribution in [2.75, 3.05) is 5.32 Å². The highest BCUT2D eigenvalue weighted by atomic mass is 32.2. The minimum absolute atomic E-state index is 0.00265. The molecule has 0 bridgehead atoms. The van der Waals surface area contributed by atoms with E-state index in [1.165, 1.54) is 10.7 Å². The molecule has 2 aromatic heterocycles. The second-order valence-corrected chi connectivity index (χ2v) is 10.9. The number of carbonyl (C=O) groups excluding carboxylic acids is 1. The number of carbonyl (C=O) groups is 1. The fraction of sp³-hybridized carbons (Fsp3) is 0.579. The van der Waals surface area contributed by atoms with E-state index in [2.05, 4.69) is 20.4 Å². The molecule has 160 valence electrons. The molecule has 10 heteroatoms. The first-order chi connectivity index (χ1) is 13.1. The second-order valence-electron chi connectivity index (χ2n) is 9.25. The molecule has 0 aliphatic heterocycles. The van der Waals surface area contributed by atoms with Gasteiger partial charge < -0.3 is 0 Å². The van der Waals surface area contributed by atoms with Crippen LogP contribution in [0.5, 0.6) is 0 Å². The predicted molar refractivity (Wildman–Crippen MR) is 111 cm³/mol. The number of sulfonamides is 1. The Balaban J connectivity index is 2.27. The summed E-state index contributed by atoms with van der Waals surface area (Å²) in [5.41, 5.74) is 0.939. The van der Waals surface area contributed by atoms with Gasteiger partial charge in [0.25, 0.3) is 10.0 Å². The van der Waals surface area contributed by atoms with Gasteiger partial charge in [-0.05, 0) is 26.0 Å². The zero-order valence-electron chi connectivity index (χ0n) is 18.2. The summed E-state index contributed by atoms with van der Waals surface area (Å²) in [6, 6.07) is 2.29. The van der Waals surface area contributed by atoms with Gasteiger partial charge in [0, 0.05) is 23.1 Å². The minimum atomic E-state index is -4.12. The molecule has 0 fully saturated rings. The summed E-state index contributed by atoms with van der Waals surface area (Å²) in [6.07, 6.45) is 1.54. The number of nitrogens with one attached hydrogen (secondary N) is 2. The number of rotatable bonds is 4. The van der Waals surface area contributed by atoms with Crippen molar-refractivity contribution in [2.45, 2.75) is 77.3 Å². The lowest BCUT2D eigenvalue weighted by atomic mass is 9.87. The largest absolute Gasteiger partial charge is 0.335 e. The Labute approximate surface area is 172 Å². The summed E-state index contributed by atoms with van der Waals surface area (Å²) in [6.45, 7) is 15.7. The van der Waals surface area contributed by atoms with Crippen LogP contribution in [0.4, 0.5) is 10.7 Å². The van der Waals surface area contributed by atoms with E-state index in [1.807, 2.05) is 66.2 Å². The molecule has 29 heavy (non-hydrogen) atoms. The lowest BCUT2D eigenvalue weighted by Gasteiger charge is -2.24. The fourth-order valence-corrected chi connectivity index (χ4v) is 3.17. The molecule has 0 aliphatic carbocycles. The number of hydrogen-bond acceptors (Lipinski definition) is 6. The van der Waals surface area contributed by atoms with Crippen LogP contribution in [0.25, 0.3) is 0 Å². The van der Waals surface area contributed by atoms with Gasteiger partial charge in [-0.25, -0.2) is 19.5 Å². The van der Waals surface area contributed by atoms with Crippen LogP contribution in [0, 0.1) is 0 Å². The van der Waals surface area contributed by atoms with E-state index in [9.17, 15) is 13.2 Å². The summed E-state index contributed by atoms with van der Waals surface area (Å²) in [5, 5.41) is 6.19. The summed E-state index contributed by atoms with van der Waals surface area (Å²) in [5.74, 6) is 0.0442. The quantitative estimate of drug-likeness (QED) is 0.780. The van der Waals surface area contributed by atoms with Gasteiger partial charge in [-0.1, -0.05) is 41.5 Å². The molecule has 2 rings (SSSR count). The van der Waals surface area contributed by atoms with E-state index in [0.29, 0.717) is 0 Å². The molecule has 2 N–H and O–H groups in total. The highest BCUT2D eigenvalue weighted by molar-refractivity contribution is 7.90. The van der Waals surface area contributed by atoms with E-state index in [0.717, 1.165) is 11.4 Å². The van der Waals surface area contributed by atoms with Crippen LogP contribution in [0.2, 0.25) is 0 Å². The Hall–Kier alpha value is -2.49. The second kappa shape index (κ2) is 7.74. The molecule has 2 amide bonds. The average Bonchev–Trinajstić information content (AvgIpc) is 3.03. The van der Waals surface area contributed by atoms with Crippen LogP contribution in [-0.4, -0.2) is 34.2 Å². The van der Waals surface area contributed by atoms with Crippen molar-refractivity contribution in [1.82, 2.24) is 24.5 Å². The van der Waals surface area contributed by atoms with Crippen LogP contribution in [0.1, 0.15) is 72.8 Å². The number of amides is 2. The maximum absolute atomic E-state index is 12.4. The van der Waals surface area contributed by atoms with Gasteiger partial charge in [-0.3, -0.25) is 10.00 Å². The monoisotopic (exact) mass is 422 g/mol. The number of anilines is 1. The van der Waals surface area contributed by atoms with E-state index in [-0.39, 0.29) is 27.8 Å². The Morgan fingerprint density at radius 3 is 1.97 bits per heavy atom.